The quantitative estimate of drug-likeness (QED) is 0.685. The molecule has 80 valence electrons. The van der Waals surface area contributed by atoms with Crippen LogP contribution in [0.4, 0.5) is 5.82 Å². The molecule has 0 aliphatic rings. The van der Waals surface area contributed by atoms with E-state index in [1.807, 2.05) is 0 Å². The highest BCUT2D eigenvalue weighted by Gasteiger charge is 2.01. The lowest BCUT2D eigenvalue weighted by Gasteiger charge is -1.94. The number of aldehydes is 1. The molecule has 2 N–H and O–H groups in total. The Morgan fingerprint density at radius 2 is 2.13 bits per heavy atom. The molecule has 0 saturated carbocycles. The van der Waals surface area contributed by atoms with E-state index in [4.69, 9.17) is 5.73 Å². The lowest BCUT2D eigenvalue weighted by Crippen LogP contribution is -1.99. The Morgan fingerprint density at radius 1 is 1.47 bits per heavy atom. The number of ether oxygens (including phenoxy) is 1. The minimum absolute atomic E-state index is 0.364. The molecular formula is C9H12N4O2. The fraction of sp³-hybridized carbons (Fsp3) is 0.222. The van der Waals surface area contributed by atoms with Crippen molar-refractivity contribution >= 4 is 17.8 Å². The highest BCUT2D eigenvalue weighted by molar-refractivity contribution is 5.73. The van der Waals surface area contributed by atoms with Gasteiger partial charge in [-0.3, -0.25) is 4.79 Å². The number of methoxy groups -OCH3 is 1. The molecule has 0 amide bonds. The lowest BCUT2D eigenvalue weighted by atomic mass is 10.5. The molecule has 0 aromatic carbocycles. The zero-order chi connectivity index (χ0) is 11.3. The summed E-state index contributed by atoms with van der Waals surface area (Å²) in [5, 5.41) is 3.91. The Hall–Kier alpha value is -1.95. The normalized spacial score (nSPS) is 9.47. The number of nitrogens with zero attached hydrogens (tertiary/aromatic N) is 3. The van der Waals surface area contributed by atoms with E-state index < -0.39 is 0 Å². The maximum Gasteiger partial charge on any atom is 0.170 e. The molecule has 0 unspecified atom stereocenters. The molecule has 0 atom stereocenters. The second kappa shape index (κ2) is 5.06. The fourth-order valence-electron chi connectivity index (χ4n) is 0.986. The maximum atomic E-state index is 10.5. The zero-order valence-corrected chi connectivity index (χ0v) is 8.54. The Bertz CT molecular complexity index is 452. The first-order valence-electron chi connectivity index (χ1n) is 4.18. The predicted octanol–water partition coefficient (Wildman–Crippen LogP) is 0.387. The van der Waals surface area contributed by atoms with Crippen LogP contribution in [0.25, 0.3) is 5.65 Å². The third-order valence-electron chi connectivity index (χ3n) is 1.53. The number of aromatic nitrogens is 3. The van der Waals surface area contributed by atoms with Crippen molar-refractivity contribution in [2.75, 3.05) is 20.0 Å². The van der Waals surface area contributed by atoms with E-state index in [2.05, 4.69) is 14.8 Å². The van der Waals surface area contributed by atoms with Crippen molar-refractivity contribution in [1.29, 1.82) is 0 Å². The monoisotopic (exact) mass is 208 g/mol. The van der Waals surface area contributed by atoms with Gasteiger partial charge in [-0.1, -0.05) is 0 Å². The third-order valence-corrected chi connectivity index (χ3v) is 1.53. The van der Waals surface area contributed by atoms with Crippen molar-refractivity contribution in [1.82, 2.24) is 14.6 Å². The largest absolute Gasteiger partial charge is 0.388 e. The van der Waals surface area contributed by atoms with Crippen LogP contribution >= 0.6 is 0 Å². The van der Waals surface area contributed by atoms with E-state index in [1.165, 1.54) is 10.7 Å². The number of carbonyl (C=O) groups excluding carboxylic acids is 1. The number of fused-ring (bicyclic) bond motifs is 1. The van der Waals surface area contributed by atoms with Gasteiger partial charge in [0.05, 0.1) is 6.20 Å². The predicted molar refractivity (Wildman–Crippen MR) is 55.7 cm³/mol. The van der Waals surface area contributed by atoms with Gasteiger partial charge in [0.1, 0.15) is 11.5 Å². The SMILES string of the molecule is COC.Nc1ccc2ncc(C=O)n2n1. The number of anilines is 1. The number of carbonyl (C=O) groups is 1. The Balaban J connectivity index is 0.000000337. The molecule has 0 radical (unpaired) electrons. The van der Waals surface area contributed by atoms with Crippen molar-refractivity contribution in [3.05, 3.63) is 24.0 Å². The van der Waals surface area contributed by atoms with Crippen LogP contribution in [0.3, 0.4) is 0 Å². The van der Waals surface area contributed by atoms with Gasteiger partial charge >= 0.3 is 0 Å². The van der Waals surface area contributed by atoms with Crippen LogP contribution in [0.15, 0.2) is 18.3 Å². The highest BCUT2D eigenvalue weighted by atomic mass is 16.4. The molecule has 0 aliphatic carbocycles. The Labute approximate surface area is 86.7 Å². The molecule has 0 fully saturated rings. The van der Waals surface area contributed by atoms with Crippen molar-refractivity contribution in [3.8, 4) is 0 Å². The average molecular weight is 208 g/mol. The average Bonchev–Trinajstić information content (AvgIpc) is 2.61. The van der Waals surface area contributed by atoms with Crippen molar-refractivity contribution < 1.29 is 9.53 Å². The summed E-state index contributed by atoms with van der Waals surface area (Å²) in [6, 6.07) is 3.34. The lowest BCUT2D eigenvalue weighted by molar-refractivity contribution is 0.111. The van der Waals surface area contributed by atoms with Gasteiger partial charge in [0, 0.05) is 14.2 Å². The van der Waals surface area contributed by atoms with Gasteiger partial charge in [0.15, 0.2) is 11.9 Å². The van der Waals surface area contributed by atoms with Gasteiger partial charge in [0.2, 0.25) is 0 Å². The smallest absolute Gasteiger partial charge is 0.170 e. The summed E-state index contributed by atoms with van der Waals surface area (Å²) < 4.78 is 5.66. The molecule has 6 nitrogen and oxygen atoms in total. The van der Waals surface area contributed by atoms with Gasteiger partial charge in [0.25, 0.3) is 0 Å². The first-order valence-corrected chi connectivity index (χ1v) is 4.18. The number of hydrogen-bond donors (Lipinski definition) is 1. The summed E-state index contributed by atoms with van der Waals surface area (Å²) in [5.41, 5.74) is 6.45. The van der Waals surface area contributed by atoms with Crippen LogP contribution < -0.4 is 5.73 Å². The van der Waals surface area contributed by atoms with Gasteiger partial charge in [-0.15, -0.1) is 5.10 Å². The van der Waals surface area contributed by atoms with E-state index in [-0.39, 0.29) is 0 Å². The van der Waals surface area contributed by atoms with Gasteiger partial charge < -0.3 is 10.5 Å². The molecule has 0 saturated heterocycles. The minimum Gasteiger partial charge on any atom is -0.388 e. The van der Waals surface area contributed by atoms with E-state index in [1.54, 1.807) is 26.4 Å². The first-order chi connectivity index (χ1) is 7.22. The molecule has 0 bridgehead atoms. The molecule has 2 aromatic rings. The standard InChI is InChI=1S/C7H6N4O.C2H6O/c8-6-1-2-7-9-3-5(4-12)11(7)10-6;1-3-2/h1-4H,(H2,8,10);1-2H3. The third kappa shape index (κ3) is 2.50. The molecule has 2 heterocycles. The van der Waals surface area contributed by atoms with Crippen LogP contribution in [-0.2, 0) is 4.74 Å². The maximum absolute atomic E-state index is 10.5. The Kier molecular flexibility index (Phi) is 3.75. The summed E-state index contributed by atoms with van der Waals surface area (Å²) in [6.45, 7) is 0. The zero-order valence-electron chi connectivity index (χ0n) is 8.54. The minimum atomic E-state index is 0.364. The molecular weight excluding hydrogens is 196 g/mol. The van der Waals surface area contributed by atoms with Gasteiger partial charge in [-0.25, -0.2) is 9.50 Å². The van der Waals surface area contributed by atoms with Crippen LogP contribution in [0, 0.1) is 0 Å². The van der Waals surface area contributed by atoms with Crippen LogP contribution in [0.5, 0.6) is 0 Å². The fourth-order valence-corrected chi connectivity index (χ4v) is 0.986. The van der Waals surface area contributed by atoms with E-state index in [0.717, 1.165) is 0 Å². The first kappa shape index (κ1) is 11.1. The van der Waals surface area contributed by atoms with Crippen LogP contribution in [0.2, 0.25) is 0 Å². The van der Waals surface area contributed by atoms with Gasteiger partial charge in [-0.05, 0) is 12.1 Å². The summed E-state index contributed by atoms with van der Waals surface area (Å²) in [4.78, 5) is 14.4. The number of hydrogen-bond acceptors (Lipinski definition) is 5. The summed E-state index contributed by atoms with van der Waals surface area (Å²) >= 11 is 0. The summed E-state index contributed by atoms with van der Waals surface area (Å²) in [6.07, 6.45) is 2.14. The molecule has 15 heavy (non-hydrogen) atoms. The molecule has 6 heteroatoms. The molecule has 2 rings (SSSR count). The number of nitrogen functional groups attached to an aromatic ring is 1. The molecule has 2 aromatic heterocycles. The van der Waals surface area contributed by atoms with Crippen molar-refractivity contribution in [3.63, 3.8) is 0 Å². The summed E-state index contributed by atoms with van der Waals surface area (Å²) in [5.74, 6) is 0.364. The molecule has 0 aliphatic heterocycles. The molecule has 0 spiro atoms. The second-order valence-corrected chi connectivity index (χ2v) is 2.74. The van der Waals surface area contributed by atoms with Gasteiger partial charge in [-0.2, -0.15) is 0 Å². The number of imidazole rings is 1. The number of rotatable bonds is 1. The van der Waals surface area contributed by atoms with E-state index in [0.29, 0.717) is 23.4 Å². The van der Waals surface area contributed by atoms with E-state index in [9.17, 15) is 4.79 Å². The Morgan fingerprint density at radius 3 is 2.73 bits per heavy atom. The van der Waals surface area contributed by atoms with Crippen molar-refractivity contribution in [2.24, 2.45) is 0 Å². The van der Waals surface area contributed by atoms with Crippen LogP contribution in [-0.4, -0.2) is 35.1 Å². The number of nitrogens with two attached hydrogens (primary N) is 1. The second-order valence-electron chi connectivity index (χ2n) is 2.74. The summed E-state index contributed by atoms with van der Waals surface area (Å²) in [7, 11) is 3.25. The van der Waals surface area contributed by atoms with E-state index >= 15 is 0 Å². The highest BCUT2D eigenvalue weighted by Crippen LogP contribution is 2.04. The topological polar surface area (TPSA) is 82.5 Å². The van der Waals surface area contributed by atoms with Crippen molar-refractivity contribution in [2.45, 2.75) is 0 Å². The van der Waals surface area contributed by atoms with Crippen LogP contribution in [0.1, 0.15) is 10.5 Å².